The van der Waals surface area contributed by atoms with Gasteiger partial charge in [0.25, 0.3) is 0 Å². The molecule has 1 saturated carbocycles. The maximum absolute atomic E-state index is 11.9. The lowest BCUT2D eigenvalue weighted by molar-refractivity contribution is -0.143. The summed E-state index contributed by atoms with van der Waals surface area (Å²) in [6.07, 6.45) is 4.92. The summed E-state index contributed by atoms with van der Waals surface area (Å²) in [5, 5.41) is 14.9. The summed E-state index contributed by atoms with van der Waals surface area (Å²) in [6, 6.07) is -0.207. The van der Waals surface area contributed by atoms with Crippen LogP contribution in [0.3, 0.4) is 0 Å². The number of nitrogens with one attached hydrogen (secondary N) is 2. The van der Waals surface area contributed by atoms with Crippen LogP contribution in [0.4, 0.5) is 4.79 Å². The third-order valence-electron chi connectivity index (χ3n) is 3.69. The summed E-state index contributed by atoms with van der Waals surface area (Å²) < 4.78 is 0. The lowest BCUT2D eigenvalue weighted by Gasteiger charge is -2.30. The van der Waals surface area contributed by atoms with Crippen molar-refractivity contribution >= 4 is 12.0 Å². The summed E-state index contributed by atoms with van der Waals surface area (Å²) in [4.78, 5) is 22.9. The van der Waals surface area contributed by atoms with Crippen molar-refractivity contribution < 1.29 is 14.7 Å². The Kier molecular flexibility index (Phi) is 5.63. The van der Waals surface area contributed by atoms with Gasteiger partial charge in [-0.1, -0.05) is 19.8 Å². The molecule has 0 saturated heterocycles. The molecule has 1 fully saturated rings. The van der Waals surface area contributed by atoms with E-state index in [1.807, 2.05) is 13.8 Å². The topological polar surface area (TPSA) is 78.4 Å². The van der Waals surface area contributed by atoms with Crippen LogP contribution >= 0.6 is 0 Å². The largest absolute Gasteiger partial charge is 0.481 e. The highest BCUT2D eigenvalue weighted by Crippen LogP contribution is 2.24. The van der Waals surface area contributed by atoms with Crippen LogP contribution < -0.4 is 10.6 Å². The van der Waals surface area contributed by atoms with Crippen molar-refractivity contribution in [2.45, 2.75) is 70.9 Å². The van der Waals surface area contributed by atoms with E-state index >= 15 is 0 Å². The quantitative estimate of drug-likeness (QED) is 0.718. The van der Waals surface area contributed by atoms with E-state index in [0.717, 1.165) is 32.1 Å². The molecule has 0 heterocycles. The number of carbonyl (C=O) groups excluding carboxylic acids is 1. The van der Waals surface area contributed by atoms with Crippen LogP contribution in [-0.4, -0.2) is 28.7 Å². The van der Waals surface area contributed by atoms with Crippen molar-refractivity contribution in [3.05, 3.63) is 0 Å². The van der Waals surface area contributed by atoms with Gasteiger partial charge in [0.2, 0.25) is 0 Å². The van der Waals surface area contributed by atoms with Crippen LogP contribution in [0.1, 0.15) is 59.3 Å². The van der Waals surface area contributed by atoms with E-state index < -0.39 is 5.97 Å². The van der Waals surface area contributed by atoms with Gasteiger partial charge in [-0.05, 0) is 39.5 Å². The lowest BCUT2D eigenvalue weighted by atomic mass is 9.86. The Morgan fingerprint density at radius 2 is 2.00 bits per heavy atom. The number of rotatable bonds is 5. The average molecular weight is 270 g/mol. The SMILES string of the molecule is CCCC(C)(C)NC(=O)NC1CCCC(C(=O)O)C1. The smallest absolute Gasteiger partial charge is 0.315 e. The van der Waals surface area contributed by atoms with Crippen LogP contribution in [-0.2, 0) is 4.79 Å². The maximum atomic E-state index is 11.9. The van der Waals surface area contributed by atoms with E-state index in [1.165, 1.54) is 0 Å². The van der Waals surface area contributed by atoms with Crippen molar-refractivity contribution in [3.8, 4) is 0 Å². The maximum Gasteiger partial charge on any atom is 0.315 e. The first kappa shape index (κ1) is 15.8. The first-order chi connectivity index (χ1) is 8.84. The number of urea groups is 1. The molecule has 110 valence electrons. The van der Waals surface area contributed by atoms with Crippen LogP contribution in [0.2, 0.25) is 0 Å². The molecule has 0 aromatic heterocycles. The normalized spacial score (nSPS) is 23.7. The van der Waals surface area contributed by atoms with Gasteiger partial charge in [0, 0.05) is 11.6 Å². The van der Waals surface area contributed by atoms with Gasteiger partial charge in [0.1, 0.15) is 0 Å². The third-order valence-corrected chi connectivity index (χ3v) is 3.69. The predicted octanol–water partition coefficient (Wildman–Crippen LogP) is 2.51. The van der Waals surface area contributed by atoms with Crippen LogP contribution in [0.25, 0.3) is 0 Å². The zero-order valence-corrected chi connectivity index (χ0v) is 12.2. The zero-order valence-electron chi connectivity index (χ0n) is 12.2. The van der Waals surface area contributed by atoms with Gasteiger partial charge in [-0.3, -0.25) is 4.79 Å². The number of carbonyl (C=O) groups is 2. The van der Waals surface area contributed by atoms with E-state index in [2.05, 4.69) is 17.6 Å². The Balaban J connectivity index is 2.42. The fourth-order valence-electron chi connectivity index (χ4n) is 2.76. The van der Waals surface area contributed by atoms with Crippen molar-refractivity contribution in [1.82, 2.24) is 10.6 Å². The summed E-state index contributed by atoms with van der Waals surface area (Å²) in [6.45, 7) is 6.08. The molecule has 2 amide bonds. The molecule has 0 radical (unpaired) electrons. The Morgan fingerprint density at radius 1 is 1.32 bits per heavy atom. The van der Waals surface area contributed by atoms with Gasteiger partial charge in [-0.25, -0.2) is 4.79 Å². The molecular formula is C14H26N2O3. The lowest BCUT2D eigenvalue weighted by Crippen LogP contribution is -2.51. The molecule has 0 aliphatic heterocycles. The monoisotopic (exact) mass is 270 g/mol. The molecule has 2 atom stereocenters. The molecule has 1 aliphatic rings. The summed E-state index contributed by atoms with van der Waals surface area (Å²) >= 11 is 0. The Hall–Kier alpha value is -1.26. The van der Waals surface area contributed by atoms with Crippen molar-refractivity contribution in [3.63, 3.8) is 0 Å². The predicted molar refractivity (Wildman–Crippen MR) is 74.0 cm³/mol. The van der Waals surface area contributed by atoms with Gasteiger partial charge < -0.3 is 15.7 Å². The van der Waals surface area contributed by atoms with Gasteiger partial charge in [0.15, 0.2) is 0 Å². The second-order valence-electron chi connectivity index (χ2n) is 6.13. The molecule has 0 aromatic carbocycles. The highest BCUT2D eigenvalue weighted by molar-refractivity contribution is 5.75. The molecule has 5 nitrogen and oxygen atoms in total. The van der Waals surface area contributed by atoms with E-state index in [1.54, 1.807) is 0 Å². The fraction of sp³-hybridized carbons (Fsp3) is 0.857. The number of aliphatic carboxylic acids is 1. The Labute approximate surface area is 115 Å². The third kappa shape index (κ3) is 5.49. The van der Waals surface area contributed by atoms with Crippen molar-refractivity contribution in [2.75, 3.05) is 0 Å². The molecule has 1 aliphatic carbocycles. The molecule has 2 unspecified atom stereocenters. The number of carboxylic acid groups (broad SMARTS) is 1. The van der Waals surface area contributed by atoms with E-state index in [-0.39, 0.29) is 23.5 Å². The second-order valence-corrected chi connectivity index (χ2v) is 6.13. The number of hydrogen-bond donors (Lipinski definition) is 3. The van der Waals surface area contributed by atoms with E-state index in [0.29, 0.717) is 6.42 Å². The van der Waals surface area contributed by atoms with E-state index in [9.17, 15) is 9.59 Å². The van der Waals surface area contributed by atoms with Crippen molar-refractivity contribution in [2.24, 2.45) is 5.92 Å². The highest BCUT2D eigenvalue weighted by Gasteiger charge is 2.28. The second kappa shape index (κ2) is 6.78. The zero-order chi connectivity index (χ0) is 14.5. The average Bonchev–Trinajstić information content (AvgIpc) is 2.27. The molecular weight excluding hydrogens is 244 g/mol. The van der Waals surface area contributed by atoms with Crippen molar-refractivity contribution in [1.29, 1.82) is 0 Å². The molecule has 0 bridgehead atoms. The Bertz CT molecular complexity index is 329. The minimum atomic E-state index is -0.752. The standard InChI is InChI=1S/C14H26N2O3/c1-4-8-14(2,3)16-13(19)15-11-7-5-6-10(9-11)12(17)18/h10-11H,4-9H2,1-3H3,(H,17,18)(H2,15,16,19). The molecule has 3 N–H and O–H groups in total. The molecule has 5 heteroatoms. The van der Waals surface area contributed by atoms with Crippen LogP contribution in [0, 0.1) is 5.92 Å². The summed E-state index contributed by atoms with van der Waals surface area (Å²) in [5.41, 5.74) is -0.223. The Morgan fingerprint density at radius 3 is 2.58 bits per heavy atom. The van der Waals surface area contributed by atoms with Gasteiger partial charge in [-0.15, -0.1) is 0 Å². The fourth-order valence-corrected chi connectivity index (χ4v) is 2.76. The highest BCUT2D eigenvalue weighted by atomic mass is 16.4. The molecule has 0 spiro atoms. The van der Waals surface area contributed by atoms with E-state index in [4.69, 9.17) is 5.11 Å². The molecule has 19 heavy (non-hydrogen) atoms. The first-order valence-electron chi connectivity index (χ1n) is 7.15. The minimum Gasteiger partial charge on any atom is -0.481 e. The van der Waals surface area contributed by atoms with Gasteiger partial charge in [0.05, 0.1) is 5.92 Å². The van der Waals surface area contributed by atoms with Crippen LogP contribution in [0.5, 0.6) is 0 Å². The first-order valence-corrected chi connectivity index (χ1v) is 7.15. The van der Waals surface area contributed by atoms with Gasteiger partial charge in [-0.2, -0.15) is 0 Å². The number of carboxylic acids is 1. The number of hydrogen-bond acceptors (Lipinski definition) is 2. The van der Waals surface area contributed by atoms with Crippen LogP contribution in [0.15, 0.2) is 0 Å². The number of amides is 2. The summed E-state index contributed by atoms with van der Waals surface area (Å²) in [5.74, 6) is -1.07. The van der Waals surface area contributed by atoms with Gasteiger partial charge >= 0.3 is 12.0 Å². The molecule has 1 rings (SSSR count). The summed E-state index contributed by atoms with van der Waals surface area (Å²) in [7, 11) is 0. The minimum absolute atomic E-state index is 0.0210. The molecule has 0 aromatic rings.